The lowest BCUT2D eigenvalue weighted by atomic mass is 10.3. The zero-order valence-corrected chi connectivity index (χ0v) is 8.51. The molecule has 0 bridgehead atoms. The Morgan fingerprint density at radius 2 is 2.00 bits per heavy atom. The van der Waals surface area contributed by atoms with Gasteiger partial charge in [-0.3, -0.25) is 5.32 Å². The van der Waals surface area contributed by atoms with Gasteiger partial charge in [-0.1, -0.05) is 30.4 Å². The zero-order valence-electron chi connectivity index (χ0n) is 8.51. The van der Waals surface area contributed by atoms with E-state index in [2.05, 4.69) is 5.32 Å². The van der Waals surface area contributed by atoms with E-state index in [9.17, 15) is 4.79 Å². The topological polar surface area (TPSA) is 38.3 Å². The van der Waals surface area contributed by atoms with Gasteiger partial charge in [-0.15, -0.1) is 0 Å². The van der Waals surface area contributed by atoms with Crippen molar-refractivity contribution in [3.63, 3.8) is 0 Å². The van der Waals surface area contributed by atoms with E-state index in [4.69, 9.17) is 4.74 Å². The lowest BCUT2D eigenvalue weighted by Gasteiger charge is -2.01. The fourth-order valence-electron chi connectivity index (χ4n) is 0.908. The first-order chi connectivity index (χ1) is 7.33. The van der Waals surface area contributed by atoms with Crippen molar-refractivity contribution in [3.8, 4) is 5.75 Å². The van der Waals surface area contributed by atoms with E-state index in [1.807, 2.05) is 25.1 Å². The lowest BCUT2D eigenvalue weighted by Crippen LogP contribution is -2.21. The molecule has 1 aromatic rings. The Morgan fingerprint density at radius 1 is 1.27 bits per heavy atom. The van der Waals surface area contributed by atoms with Gasteiger partial charge < -0.3 is 4.74 Å². The number of nitrogens with one attached hydrogen (secondary N) is 1. The molecule has 0 aliphatic rings. The van der Waals surface area contributed by atoms with Crippen LogP contribution < -0.4 is 10.1 Å². The number of carbonyl (C=O) groups excluding carboxylic acids is 1. The highest BCUT2D eigenvalue weighted by Gasteiger charge is 1.99. The van der Waals surface area contributed by atoms with Gasteiger partial charge >= 0.3 is 6.09 Å². The minimum absolute atomic E-state index is 0.498. The van der Waals surface area contributed by atoms with Crippen molar-refractivity contribution in [2.24, 2.45) is 0 Å². The van der Waals surface area contributed by atoms with Crippen LogP contribution in [0.5, 0.6) is 5.75 Å². The van der Waals surface area contributed by atoms with E-state index in [1.165, 1.54) is 6.20 Å². The van der Waals surface area contributed by atoms with Crippen molar-refractivity contribution in [1.29, 1.82) is 0 Å². The Labute approximate surface area is 89.1 Å². The third-order valence-corrected chi connectivity index (χ3v) is 1.55. The Bertz CT molecular complexity index is 355. The molecule has 1 N–H and O–H groups in total. The lowest BCUT2D eigenvalue weighted by molar-refractivity contribution is 0.204. The van der Waals surface area contributed by atoms with E-state index in [0.717, 1.165) is 0 Å². The van der Waals surface area contributed by atoms with E-state index >= 15 is 0 Å². The number of amides is 1. The highest BCUT2D eigenvalue weighted by molar-refractivity contribution is 5.71. The van der Waals surface area contributed by atoms with E-state index in [-0.39, 0.29) is 0 Å². The summed E-state index contributed by atoms with van der Waals surface area (Å²) in [5.74, 6) is 0.523. The number of para-hydroxylation sites is 1. The monoisotopic (exact) mass is 203 g/mol. The summed E-state index contributed by atoms with van der Waals surface area (Å²) >= 11 is 0. The minimum atomic E-state index is -0.498. The number of benzene rings is 1. The van der Waals surface area contributed by atoms with Gasteiger partial charge in [0, 0.05) is 6.20 Å². The molecule has 1 rings (SSSR count). The maximum atomic E-state index is 11.2. The molecule has 0 unspecified atom stereocenters. The molecule has 0 atom stereocenters. The van der Waals surface area contributed by atoms with Crippen LogP contribution in [-0.4, -0.2) is 6.09 Å². The van der Waals surface area contributed by atoms with Gasteiger partial charge in [0.25, 0.3) is 0 Å². The first-order valence-corrected chi connectivity index (χ1v) is 4.64. The van der Waals surface area contributed by atoms with Crippen LogP contribution in [0.2, 0.25) is 0 Å². The Balaban J connectivity index is 2.37. The predicted molar refractivity (Wildman–Crippen MR) is 59.6 cm³/mol. The molecule has 0 radical (unpaired) electrons. The summed E-state index contributed by atoms with van der Waals surface area (Å²) in [6.07, 6.45) is 6.41. The van der Waals surface area contributed by atoms with Crippen LogP contribution in [0.3, 0.4) is 0 Å². The normalized spacial score (nSPS) is 10.7. The Morgan fingerprint density at radius 3 is 2.67 bits per heavy atom. The largest absolute Gasteiger partial charge is 0.416 e. The molecule has 3 heteroatoms. The molecular weight excluding hydrogens is 190 g/mol. The van der Waals surface area contributed by atoms with Gasteiger partial charge in [-0.25, -0.2) is 4.79 Å². The summed E-state index contributed by atoms with van der Waals surface area (Å²) < 4.78 is 4.97. The van der Waals surface area contributed by atoms with Gasteiger partial charge in [-0.2, -0.15) is 0 Å². The third-order valence-electron chi connectivity index (χ3n) is 1.55. The molecule has 0 spiro atoms. The van der Waals surface area contributed by atoms with Crippen molar-refractivity contribution in [1.82, 2.24) is 5.32 Å². The summed E-state index contributed by atoms with van der Waals surface area (Å²) in [5.41, 5.74) is 0. The molecule has 0 fully saturated rings. The van der Waals surface area contributed by atoms with Crippen LogP contribution in [0.25, 0.3) is 0 Å². The van der Waals surface area contributed by atoms with Crippen LogP contribution in [-0.2, 0) is 0 Å². The number of hydrogen-bond donors (Lipinski definition) is 1. The first-order valence-electron chi connectivity index (χ1n) is 4.64. The van der Waals surface area contributed by atoms with Gasteiger partial charge in [-0.05, 0) is 25.1 Å². The maximum Gasteiger partial charge on any atom is 0.416 e. The van der Waals surface area contributed by atoms with Crippen molar-refractivity contribution >= 4 is 6.09 Å². The molecule has 15 heavy (non-hydrogen) atoms. The molecular formula is C12H13NO2. The smallest absolute Gasteiger partial charge is 0.410 e. The average molecular weight is 203 g/mol. The molecule has 3 nitrogen and oxygen atoms in total. The summed E-state index contributed by atoms with van der Waals surface area (Å²) in [7, 11) is 0. The fourth-order valence-corrected chi connectivity index (χ4v) is 0.908. The van der Waals surface area contributed by atoms with Gasteiger partial charge in [0.2, 0.25) is 0 Å². The summed E-state index contributed by atoms with van der Waals surface area (Å²) in [4.78, 5) is 11.2. The second-order valence-electron chi connectivity index (χ2n) is 2.73. The fraction of sp³-hybridized carbons (Fsp3) is 0.0833. The second kappa shape index (κ2) is 6.43. The third kappa shape index (κ3) is 4.67. The first kappa shape index (κ1) is 11.0. The highest BCUT2D eigenvalue weighted by Crippen LogP contribution is 2.07. The molecule has 0 aromatic heterocycles. The molecule has 0 saturated heterocycles. The number of rotatable bonds is 3. The predicted octanol–water partition coefficient (Wildman–Crippen LogP) is 2.86. The van der Waals surface area contributed by atoms with Gasteiger partial charge in [0.1, 0.15) is 5.75 Å². The zero-order chi connectivity index (χ0) is 10.9. The summed E-state index contributed by atoms with van der Waals surface area (Å²) in [6.45, 7) is 1.90. The number of allylic oxidation sites excluding steroid dienone is 3. The molecule has 0 heterocycles. The maximum absolute atomic E-state index is 11.2. The van der Waals surface area contributed by atoms with Crippen molar-refractivity contribution in [2.45, 2.75) is 6.92 Å². The quantitative estimate of drug-likeness (QED) is 0.767. The second-order valence-corrected chi connectivity index (χ2v) is 2.73. The van der Waals surface area contributed by atoms with Crippen LogP contribution in [0.15, 0.2) is 54.8 Å². The molecule has 0 aliphatic heterocycles. The number of ether oxygens (including phenoxy) is 1. The molecule has 1 amide bonds. The van der Waals surface area contributed by atoms with Crippen LogP contribution in [0.4, 0.5) is 4.79 Å². The summed E-state index contributed by atoms with van der Waals surface area (Å²) in [5, 5.41) is 2.47. The van der Waals surface area contributed by atoms with Crippen molar-refractivity contribution < 1.29 is 9.53 Å². The van der Waals surface area contributed by atoms with Gasteiger partial charge in [0.05, 0.1) is 0 Å². The minimum Gasteiger partial charge on any atom is -0.410 e. The van der Waals surface area contributed by atoms with Crippen LogP contribution >= 0.6 is 0 Å². The average Bonchev–Trinajstić information content (AvgIpc) is 2.26. The van der Waals surface area contributed by atoms with Gasteiger partial charge in [0.15, 0.2) is 0 Å². The van der Waals surface area contributed by atoms with Crippen LogP contribution in [0.1, 0.15) is 6.92 Å². The number of carbonyl (C=O) groups is 1. The SMILES string of the molecule is CC=CC=CNC(=O)Oc1ccccc1. The Hall–Kier alpha value is -2.03. The molecule has 78 valence electrons. The van der Waals surface area contributed by atoms with E-state index in [0.29, 0.717) is 5.75 Å². The van der Waals surface area contributed by atoms with E-state index < -0.39 is 6.09 Å². The standard InChI is InChI=1S/C12H13NO2/c1-2-3-7-10-13-12(14)15-11-8-5-4-6-9-11/h2-10H,1H3,(H,13,14). The van der Waals surface area contributed by atoms with Crippen LogP contribution in [0, 0.1) is 0 Å². The number of hydrogen-bond acceptors (Lipinski definition) is 2. The van der Waals surface area contributed by atoms with E-state index in [1.54, 1.807) is 30.3 Å². The highest BCUT2D eigenvalue weighted by atomic mass is 16.5. The molecule has 0 aliphatic carbocycles. The molecule has 0 saturated carbocycles. The van der Waals surface area contributed by atoms with Crippen molar-refractivity contribution in [2.75, 3.05) is 0 Å². The molecule has 1 aromatic carbocycles. The van der Waals surface area contributed by atoms with Crippen molar-refractivity contribution in [3.05, 3.63) is 54.8 Å². The Kier molecular flexibility index (Phi) is 4.73. The summed E-state index contributed by atoms with van der Waals surface area (Å²) in [6, 6.07) is 8.90.